The molecule has 9 aromatic rings. The summed E-state index contributed by atoms with van der Waals surface area (Å²) < 4.78 is 6.34. The summed E-state index contributed by atoms with van der Waals surface area (Å²) in [7, 11) is 0. The van der Waals surface area contributed by atoms with Crippen molar-refractivity contribution in [3.05, 3.63) is 174 Å². The normalized spacial score (nSPS) is 14.8. The van der Waals surface area contributed by atoms with E-state index in [9.17, 15) is 0 Å². The molecule has 2 aliphatic rings. The van der Waals surface area contributed by atoms with Gasteiger partial charge in [-0.3, -0.25) is 0 Å². The molecule has 0 unspecified atom stereocenters. The first-order chi connectivity index (χ1) is 25.3. The molecule has 2 aliphatic carbocycles. The van der Waals surface area contributed by atoms with Gasteiger partial charge in [0.15, 0.2) is 0 Å². The van der Waals surface area contributed by atoms with Gasteiger partial charge in [0.25, 0.3) is 0 Å². The van der Waals surface area contributed by atoms with E-state index < -0.39 is 0 Å². The molecule has 52 heavy (non-hydrogen) atoms. The van der Waals surface area contributed by atoms with Crippen molar-refractivity contribution < 1.29 is 4.42 Å². The van der Waals surface area contributed by atoms with Gasteiger partial charge in [-0.2, -0.15) is 0 Å². The van der Waals surface area contributed by atoms with Crippen LogP contribution in [0.2, 0.25) is 0 Å². The number of fused-ring (bicyclic) bond motifs is 13. The molecule has 0 radical (unpaired) electrons. The van der Waals surface area contributed by atoms with Crippen LogP contribution in [0.4, 0.5) is 17.1 Å². The first-order valence-electron chi connectivity index (χ1n) is 18.3. The van der Waals surface area contributed by atoms with Crippen molar-refractivity contribution in [2.75, 3.05) is 4.90 Å². The third-order valence-corrected chi connectivity index (χ3v) is 12.2. The van der Waals surface area contributed by atoms with Gasteiger partial charge in [0.05, 0.1) is 0 Å². The smallest absolute Gasteiger partial charge is 0.136 e. The summed E-state index contributed by atoms with van der Waals surface area (Å²) in [6, 6.07) is 56.0. The highest BCUT2D eigenvalue weighted by Gasteiger charge is 2.39. The molecule has 0 spiro atoms. The third kappa shape index (κ3) is 3.90. The van der Waals surface area contributed by atoms with E-state index in [-0.39, 0.29) is 10.8 Å². The lowest BCUT2D eigenvalue weighted by Gasteiger charge is -2.29. The summed E-state index contributed by atoms with van der Waals surface area (Å²) in [5.41, 5.74) is 15.8. The van der Waals surface area contributed by atoms with Crippen LogP contribution in [0.5, 0.6) is 0 Å². The minimum absolute atomic E-state index is 0.125. The molecule has 1 aromatic heterocycles. The van der Waals surface area contributed by atoms with E-state index in [1.54, 1.807) is 0 Å². The number of hydrogen-bond donors (Lipinski definition) is 0. The first kappa shape index (κ1) is 29.6. The van der Waals surface area contributed by atoms with Crippen LogP contribution in [0, 0.1) is 0 Å². The number of nitrogens with zero attached hydrogens (tertiary/aromatic N) is 1. The molecule has 0 N–H and O–H groups in total. The van der Waals surface area contributed by atoms with Crippen LogP contribution in [0.1, 0.15) is 49.9 Å². The molecule has 0 fully saturated rings. The summed E-state index contributed by atoms with van der Waals surface area (Å²) in [6.45, 7) is 9.53. The average Bonchev–Trinajstić information content (AvgIpc) is 3.73. The van der Waals surface area contributed by atoms with Crippen LogP contribution in [0.3, 0.4) is 0 Å². The molecule has 0 aliphatic heterocycles. The monoisotopic (exact) mass is 667 g/mol. The van der Waals surface area contributed by atoms with Gasteiger partial charge in [0.2, 0.25) is 0 Å². The van der Waals surface area contributed by atoms with Crippen LogP contribution < -0.4 is 4.90 Å². The van der Waals surface area contributed by atoms with Crippen molar-refractivity contribution >= 4 is 60.5 Å². The van der Waals surface area contributed by atoms with Crippen LogP contribution in [0.25, 0.3) is 65.7 Å². The number of anilines is 3. The van der Waals surface area contributed by atoms with E-state index in [2.05, 4.69) is 178 Å². The fourth-order valence-corrected chi connectivity index (χ4v) is 9.75. The van der Waals surface area contributed by atoms with Crippen molar-refractivity contribution in [1.82, 2.24) is 0 Å². The zero-order valence-electron chi connectivity index (χ0n) is 29.8. The molecule has 0 bridgehead atoms. The SMILES string of the molecule is CC1(C)c2cc(N(c3ccccc3)c3ccc4c5c(ccc4c3)-c3ccc4ccccc4c3C5(C)C)ccc2-c2cc3oc4ccccc4c3cc21. The van der Waals surface area contributed by atoms with Gasteiger partial charge in [-0.25, -0.2) is 0 Å². The van der Waals surface area contributed by atoms with Crippen LogP contribution >= 0.6 is 0 Å². The van der Waals surface area contributed by atoms with E-state index in [0.717, 1.165) is 28.2 Å². The van der Waals surface area contributed by atoms with E-state index in [1.807, 2.05) is 6.07 Å². The van der Waals surface area contributed by atoms with Crippen molar-refractivity contribution in [2.45, 2.75) is 38.5 Å². The van der Waals surface area contributed by atoms with Gasteiger partial charge in [-0.15, -0.1) is 0 Å². The second-order valence-electron chi connectivity index (χ2n) is 15.7. The van der Waals surface area contributed by atoms with Crippen LogP contribution in [0.15, 0.2) is 156 Å². The van der Waals surface area contributed by atoms with Gasteiger partial charge in [-0.1, -0.05) is 125 Å². The molecular formula is C50H37NO. The summed E-state index contributed by atoms with van der Waals surface area (Å²) in [5.74, 6) is 0. The molecule has 0 saturated heterocycles. The largest absolute Gasteiger partial charge is 0.456 e. The molecular weight excluding hydrogens is 631 g/mol. The maximum Gasteiger partial charge on any atom is 0.136 e. The quantitative estimate of drug-likeness (QED) is 0.186. The summed E-state index contributed by atoms with van der Waals surface area (Å²) in [5, 5.41) is 7.59. The van der Waals surface area contributed by atoms with E-state index >= 15 is 0 Å². The summed E-state index contributed by atoms with van der Waals surface area (Å²) >= 11 is 0. The maximum absolute atomic E-state index is 6.34. The summed E-state index contributed by atoms with van der Waals surface area (Å²) in [4.78, 5) is 2.42. The van der Waals surface area contributed by atoms with Crippen molar-refractivity contribution in [3.63, 3.8) is 0 Å². The molecule has 11 rings (SSSR count). The number of rotatable bonds is 3. The predicted octanol–water partition coefficient (Wildman–Crippen LogP) is 14.0. The first-order valence-corrected chi connectivity index (χ1v) is 18.3. The number of para-hydroxylation sites is 2. The molecule has 1 heterocycles. The third-order valence-electron chi connectivity index (χ3n) is 12.2. The van der Waals surface area contributed by atoms with Crippen molar-refractivity contribution in [2.24, 2.45) is 0 Å². The molecule has 0 atom stereocenters. The topological polar surface area (TPSA) is 16.4 Å². The second kappa shape index (κ2) is 10.2. The zero-order valence-corrected chi connectivity index (χ0v) is 29.8. The van der Waals surface area contributed by atoms with Crippen molar-refractivity contribution in [1.29, 1.82) is 0 Å². The lowest BCUT2D eigenvalue weighted by Crippen LogP contribution is -2.17. The number of benzene rings is 8. The standard InChI is InChI=1S/C50H37NO/c1-49(2)43-27-34(21-25-37(43)41-29-46-42(28-44(41)49)38-16-10-11-17-45(38)52-46)51(32-13-6-5-7-14-32)33-20-24-36-31(26-33)19-23-40-39-22-18-30-12-8-9-15-35(30)47(39)50(3,4)48(36)40/h5-29H,1-4H3. The van der Waals surface area contributed by atoms with Crippen LogP contribution in [-0.4, -0.2) is 0 Å². The molecule has 0 amide bonds. The highest BCUT2D eigenvalue weighted by Crippen LogP contribution is 2.55. The lowest BCUT2D eigenvalue weighted by atomic mass is 9.78. The van der Waals surface area contributed by atoms with E-state index in [0.29, 0.717) is 0 Å². The average molecular weight is 668 g/mol. The zero-order chi connectivity index (χ0) is 34.9. The molecule has 0 saturated carbocycles. The van der Waals surface area contributed by atoms with Gasteiger partial charge in [-0.05, 0) is 121 Å². The Morgan fingerprint density at radius 3 is 1.81 bits per heavy atom. The Kier molecular flexibility index (Phi) is 5.83. The molecule has 2 heteroatoms. The second-order valence-corrected chi connectivity index (χ2v) is 15.7. The van der Waals surface area contributed by atoms with Gasteiger partial charge in [0.1, 0.15) is 11.2 Å². The van der Waals surface area contributed by atoms with Gasteiger partial charge >= 0.3 is 0 Å². The maximum atomic E-state index is 6.34. The molecule has 2 nitrogen and oxygen atoms in total. The Balaban J connectivity index is 1.06. The van der Waals surface area contributed by atoms with Gasteiger partial charge in [0, 0.05) is 38.7 Å². The Labute approximate surface area is 303 Å². The minimum Gasteiger partial charge on any atom is -0.456 e. The van der Waals surface area contributed by atoms with Gasteiger partial charge < -0.3 is 9.32 Å². The van der Waals surface area contributed by atoms with E-state index in [1.165, 1.54) is 76.8 Å². The fraction of sp³-hybridized carbons (Fsp3) is 0.120. The lowest BCUT2D eigenvalue weighted by molar-refractivity contribution is 0.658. The van der Waals surface area contributed by atoms with Crippen molar-refractivity contribution in [3.8, 4) is 22.3 Å². The Morgan fingerprint density at radius 2 is 1.00 bits per heavy atom. The number of hydrogen-bond acceptors (Lipinski definition) is 2. The Morgan fingerprint density at radius 1 is 0.385 bits per heavy atom. The Hall–Kier alpha value is -6.12. The summed E-state index contributed by atoms with van der Waals surface area (Å²) in [6.07, 6.45) is 0. The predicted molar refractivity (Wildman–Crippen MR) is 219 cm³/mol. The Bertz CT molecular complexity index is 2960. The highest BCUT2D eigenvalue weighted by molar-refractivity contribution is 6.08. The molecule has 8 aromatic carbocycles. The minimum atomic E-state index is -0.176. The van der Waals surface area contributed by atoms with Crippen LogP contribution in [-0.2, 0) is 10.8 Å². The number of furan rings is 1. The highest BCUT2D eigenvalue weighted by atomic mass is 16.3. The molecule has 248 valence electrons. The fourth-order valence-electron chi connectivity index (χ4n) is 9.75. The van der Waals surface area contributed by atoms with E-state index in [4.69, 9.17) is 4.42 Å².